The Morgan fingerprint density at radius 3 is 2.57 bits per heavy atom. The van der Waals surface area contributed by atoms with Crippen LogP contribution in [-0.2, 0) is 11.2 Å². The number of aromatic nitrogens is 2. The number of halogens is 2. The maximum Gasteiger partial charge on any atom is 0.230 e. The normalized spacial score (nSPS) is 10.5. The highest BCUT2D eigenvalue weighted by molar-refractivity contribution is 7.15. The molecular weight excluding hydrogens is 417 g/mol. The molecule has 0 unspecified atom stereocenters. The van der Waals surface area contributed by atoms with Gasteiger partial charge in [0.15, 0.2) is 4.96 Å². The van der Waals surface area contributed by atoms with E-state index in [1.165, 1.54) is 11.3 Å². The fourth-order valence-electron chi connectivity index (χ4n) is 2.76. The minimum Gasteiger partial charge on any atom is -0.497 e. The molecule has 4 rings (SSSR count). The van der Waals surface area contributed by atoms with Gasteiger partial charge in [0.2, 0.25) is 5.91 Å². The maximum absolute atomic E-state index is 12.4. The van der Waals surface area contributed by atoms with E-state index in [9.17, 15) is 4.79 Å². The number of carbonyl (C=O) groups excluding carboxylic acids is 1. The highest BCUT2D eigenvalue weighted by Gasteiger charge is 2.13. The number of nitrogens with one attached hydrogen (secondary N) is 1. The van der Waals surface area contributed by atoms with Crippen molar-refractivity contribution in [2.24, 2.45) is 0 Å². The van der Waals surface area contributed by atoms with Crippen LogP contribution in [0.5, 0.6) is 5.75 Å². The molecule has 0 saturated carbocycles. The average molecular weight is 434 g/mol. The maximum atomic E-state index is 12.4. The quantitative estimate of drug-likeness (QED) is 0.462. The first-order valence-electron chi connectivity index (χ1n) is 8.28. The van der Waals surface area contributed by atoms with Crippen LogP contribution in [-0.4, -0.2) is 22.4 Å². The number of amides is 1. The van der Waals surface area contributed by atoms with Gasteiger partial charge in [0.25, 0.3) is 0 Å². The molecule has 0 aliphatic rings. The molecule has 0 bridgehead atoms. The van der Waals surface area contributed by atoms with E-state index in [4.69, 9.17) is 16.3 Å². The van der Waals surface area contributed by atoms with Crippen LogP contribution >= 0.6 is 35.3 Å². The fraction of sp³-hybridized carbons (Fsp3) is 0.100. The standard InChI is InChI=1S/C20H16ClN3O2S.ClH/c1-26-17-8-2-13(3-9-17)18-11-24-16(12-27-20(24)23-18)10-19(25)22-15-6-4-14(21)5-7-15;/h2-9,11-12H,10H2,1H3,(H,22,25);1H. The lowest BCUT2D eigenvalue weighted by Crippen LogP contribution is -2.15. The predicted molar refractivity (Wildman–Crippen MR) is 116 cm³/mol. The molecule has 0 aliphatic heterocycles. The van der Waals surface area contributed by atoms with Crippen LogP contribution < -0.4 is 10.1 Å². The number of fused-ring (bicyclic) bond motifs is 1. The lowest BCUT2D eigenvalue weighted by Gasteiger charge is -2.05. The van der Waals surface area contributed by atoms with Crippen molar-refractivity contribution in [3.63, 3.8) is 0 Å². The van der Waals surface area contributed by atoms with Gasteiger partial charge >= 0.3 is 0 Å². The monoisotopic (exact) mass is 433 g/mol. The second kappa shape index (κ2) is 8.65. The topological polar surface area (TPSA) is 55.6 Å². The van der Waals surface area contributed by atoms with Crippen molar-refractivity contribution in [2.75, 3.05) is 12.4 Å². The molecule has 0 fully saturated rings. The molecule has 2 aromatic heterocycles. The molecule has 0 saturated heterocycles. The number of hydrogen-bond acceptors (Lipinski definition) is 4. The number of rotatable bonds is 5. The van der Waals surface area contributed by atoms with Crippen LogP contribution in [0.3, 0.4) is 0 Å². The first-order chi connectivity index (χ1) is 13.1. The third kappa shape index (κ3) is 4.30. The van der Waals surface area contributed by atoms with Crippen molar-refractivity contribution in [3.05, 3.63) is 70.8 Å². The Kier molecular flexibility index (Phi) is 6.24. The summed E-state index contributed by atoms with van der Waals surface area (Å²) in [5, 5.41) is 5.48. The fourth-order valence-corrected chi connectivity index (χ4v) is 3.76. The van der Waals surface area contributed by atoms with E-state index in [2.05, 4.69) is 10.3 Å². The number of carbonyl (C=O) groups is 1. The van der Waals surface area contributed by atoms with Crippen LogP contribution in [0.1, 0.15) is 5.69 Å². The summed E-state index contributed by atoms with van der Waals surface area (Å²) >= 11 is 7.39. The number of methoxy groups -OCH3 is 1. The van der Waals surface area contributed by atoms with Crippen LogP contribution in [0.25, 0.3) is 16.2 Å². The second-order valence-electron chi connectivity index (χ2n) is 5.97. The van der Waals surface area contributed by atoms with Crippen LogP contribution in [0.4, 0.5) is 5.69 Å². The van der Waals surface area contributed by atoms with Crippen molar-refractivity contribution < 1.29 is 9.53 Å². The van der Waals surface area contributed by atoms with E-state index in [0.717, 1.165) is 33.3 Å². The molecule has 1 amide bonds. The molecule has 0 radical (unpaired) electrons. The lowest BCUT2D eigenvalue weighted by atomic mass is 10.2. The van der Waals surface area contributed by atoms with Gasteiger partial charge in [0.05, 0.1) is 19.2 Å². The molecule has 0 aliphatic carbocycles. The van der Waals surface area contributed by atoms with Crippen molar-refractivity contribution in [3.8, 4) is 17.0 Å². The summed E-state index contributed by atoms with van der Waals surface area (Å²) in [6, 6.07) is 14.8. The SMILES string of the molecule is COc1ccc(-c2cn3c(CC(=O)Nc4ccc(Cl)cc4)csc3n2)cc1.Cl. The summed E-state index contributed by atoms with van der Waals surface area (Å²) in [5.74, 6) is 0.719. The number of thiazole rings is 1. The lowest BCUT2D eigenvalue weighted by molar-refractivity contribution is -0.115. The minimum atomic E-state index is -0.0864. The van der Waals surface area contributed by atoms with Crippen molar-refractivity contribution in [2.45, 2.75) is 6.42 Å². The zero-order chi connectivity index (χ0) is 18.8. The molecule has 1 N–H and O–H groups in total. The van der Waals surface area contributed by atoms with Crippen molar-refractivity contribution in [1.29, 1.82) is 0 Å². The van der Waals surface area contributed by atoms with Gasteiger partial charge in [-0.2, -0.15) is 0 Å². The van der Waals surface area contributed by atoms with E-state index >= 15 is 0 Å². The number of ether oxygens (including phenoxy) is 1. The van der Waals surface area contributed by atoms with Gasteiger partial charge in [-0.15, -0.1) is 23.7 Å². The Bertz CT molecular complexity index is 1090. The molecule has 144 valence electrons. The Morgan fingerprint density at radius 1 is 1.18 bits per heavy atom. The molecule has 4 aromatic rings. The summed E-state index contributed by atoms with van der Waals surface area (Å²) in [4.78, 5) is 17.9. The van der Waals surface area contributed by atoms with Gasteiger partial charge in [-0.05, 0) is 48.5 Å². The number of nitrogens with zero attached hydrogens (tertiary/aromatic N) is 2. The molecular formula is C20H17Cl2N3O2S. The van der Waals surface area contributed by atoms with Crippen molar-refractivity contribution >= 4 is 51.9 Å². The van der Waals surface area contributed by atoms with E-state index in [1.54, 1.807) is 31.4 Å². The van der Waals surface area contributed by atoms with Crippen molar-refractivity contribution in [1.82, 2.24) is 9.38 Å². The number of anilines is 1. The van der Waals surface area contributed by atoms with Gasteiger partial charge in [0, 0.05) is 33.5 Å². The number of imidazole rings is 1. The first kappa shape index (κ1) is 20.2. The van der Waals surface area contributed by atoms with Gasteiger partial charge in [-0.3, -0.25) is 9.20 Å². The third-order valence-electron chi connectivity index (χ3n) is 4.14. The summed E-state index contributed by atoms with van der Waals surface area (Å²) in [5.41, 5.74) is 3.49. The smallest absolute Gasteiger partial charge is 0.230 e. The molecule has 28 heavy (non-hydrogen) atoms. The van der Waals surface area contributed by atoms with E-state index in [1.807, 2.05) is 40.2 Å². The number of hydrogen-bond donors (Lipinski definition) is 1. The molecule has 2 aromatic carbocycles. The molecule has 8 heteroatoms. The molecule has 2 heterocycles. The summed E-state index contributed by atoms with van der Waals surface area (Å²) < 4.78 is 7.16. The largest absolute Gasteiger partial charge is 0.497 e. The number of benzene rings is 2. The van der Waals surface area contributed by atoms with Crippen LogP contribution in [0.2, 0.25) is 5.02 Å². The van der Waals surface area contributed by atoms with E-state index in [-0.39, 0.29) is 24.7 Å². The molecule has 5 nitrogen and oxygen atoms in total. The average Bonchev–Trinajstić information content (AvgIpc) is 3.26. The third-order valence-corrected chi connectivity index (χ3v) is 5.28. The Labute approximate surface area is 177 Å². The van der Waals surface area contributed by atoms with Gasteiger partial charge in [0.1, 0.15) is 5.75 Å². The van der Waals surface area contributed by atoms with E-state index < -0.39 is 0 Å². The van der Waals surface area contributed by atoms with E-state index in [0.29, 0.717) is 5.02 Å². The summed E-state index contributed by atoms with van der Waals surface area (Å²) in [7, 11) is 1.64. The second-order valence-corrected chi connectivity index (χ2v) is 7.24. The Balaban J connectivity index is 0.00000225. The molecule has 0 spiro atoms. The summed E-state index contributed by atoms with van der Waals surface area (Å²) in [6.45, 7) is 0. The Hall–Kier alpha value is -2.54. The zero-order valence-electron chi connectivity index (χ0n) is 14.9. The molecule has 0 atom stereocenters. The zero-order valence-corrected chi connectivity index (χ0v) is 17.3. The predicted octanol–water partition coefficient (Wildman–Crippen LogP) is 5.33. The van der Waals surface area contributed by atoms with Gasteiger partial charge in [-0.25, -0.2) is 4.98 Å². The van der Waals surface area contributed by atoms with Crippen LogP contribution in [0.15, 0.2) is 60.1 Å². The van der Waals surface area contributed by atoms with Gasteiger partial charge in [-0.1, -0.05) is 11.6 Å². The Morgan fingerprint density at radius 2 is 1.89 bits per heavy atom. The van der Waals surface area contributed by atoms with Crippen LogP contribution in [0, 0.1) is 0 Å². The van der Waals surface area contributed by atoms with Gasteiger partial charge < -0.3 is 10.1 Å². The minimum absolute atomic E-state index is 0. The highest BCUT2D eigenvalue weighted by Crippen LogP contribution is 2.25. The first-order valence-corrected chi connectivity index (χ1v) is 9.53. The highest BCUT2D eigenvalue weighted by atomic mass is 35.5. The summed E-state index contributed by atoms with van der Waals surface area (Å²) in [6.07, 6.45) is 2.22.